The molecule has 1 radical (unpaired) electrons. The van der Waals surface area contributed by atoms with Gasteiger partial charge in [-0.25, -0.2) is 0 Å². The Balaban J connectivity index is 0.000000213. The minimum absolute atomic E-state index is 0. The third-order valence-electron chi connectivity index (χ3n) is 7.47. The first kappa shape index (κ1) is 42.8. The van der Waals surface area contributed by atoms with Crippen LogP contribution in [0.25, 0.3) is 0 Å². The molecule has 0 bridgehead atoms. The van der Waals surface area contributed by atoms with E-state index in [-0.39, 0.29) is 22.4 Å². The molecule has 275 valence electrons. The van der Waals surface area contributed by atoms with E-state index in [2.05, 4.69) is 182 Å². The molecule has 0 unspecified atom stereocenters. The number of aliphatic hydroxyl groups excluding tert-OH is 1. The SMILES string of the molecule is OC(O)C(F)(F)C(F)(F)C(F)(F)F.[Ag].c1ccc([PH+](c2ccccc2)c2ccccc2)cc1.c1ccc([PH+](c2ccccc2)c2ccccc2)cc1. The van der Waals surface area contributed by atoms with Crippen molar-refractivity contribution in [3.63, 3.8) is 0 Å². The summed E-state index contributed by atoms with van der Waals surface area (Å²) in [5, 5.41) is 23.8. The molecule has 0 saturated carbocycles. The molecule has 52 heavy (non-hydrogen) atoms. The summed E-state index contributed by atoms with van der Waals surface area (Å²) in [6.07, 6.45) is -10.6. The van der Waals surface area contributed by atoms with Crippen LogP contribution in [0, 0.1) is 0 Å². The fourth-order valence-corrected chi connectivity index (χ4v) is 10.1. The predicted molar refractivity (Wildman–Crippen MR) is 197 cm³/mol. The van der Waals surface area contributed by atoms with Gasteiger partial charge in [0.25, 0.3) is 0 Å². The van der Waals surface area contributed by atoms with E-state index in [1.54, 1.807) is 0 Å². The first-order valence-electron chi connectivity index (χ1n) is 15.6. The molecule has 2 nitrogen and oxygen atoms in total. The summed E-state index contributed by atoms with van der Waals surface area (Å²) in [5.41, 5.74) is 0. The molecule has 6 aromatic rings. The van der Waals surface area contributed by atoms with E-state index in [1.807, 2.05) is 0 Å². The van der Waals surface area contributed by atoms with Crippen molar-refractivity contribution in [1.82, 2.24) is 0 Å². The summed E-state index contributed by atoms with van der Waals surface area (Å²) in [6.45, 7) is 0. The molecule has 0 spiro atoms. The van der Waals surface area contributed by atoms with Crippen LogP contribution < -0.4 is 31.8 Å². The molecule has 0 aliphatic rings. The van der Waals surface area contributed by atoms with Crippen molar-refractivity contribution in [3.8, 4) is 0 Å². The third-order valence-corrected chi connectivity index (χ3v) is 12.9. The normalized spacial score (nSPS) is 11.5. The van der Waals surface area contributed by atoms with Gasteiger partial charge in [0.15, 0.2) is 0 Å². The van der Waals surface area contributed by atoms with Crippen molar-refractivity contribution in [1.29, 1.82) is 0 Å². The molecular weight excluding hydrogens is 815 g/mol. The van der Waals surface area contributed by atoms with E-state index in [1.165, 1.54) is 31.8 Å². The maximum absolute atomic E-state index is 11.9. The van der Waals surface area contributed by atoms with E-state index < -0.39 is 40.2 Å². The second kappa shape index (κ2) is 20.0. The number of rotatable bonds is 8. The van der Waals surface area contributed by atoms with Gasteiger partial charge in [-0.1, -0.05) is 109 Å². The van der Waals surface area contributed by atoms with Crippen molar-refractivity contribution in [2.24, 2.45) is 0 Å². The molecule has 0 aromatic heterocycles. The summed E-state index contributed by atoms with van der Waals surface area (Å²) in [7, 11) is -1.75. The van der Waals surface area contributed by atoms with E-state index in [0.29, 0.717) is 0 Å². The summed E-state index contributed by atoms with van der Waals surface area (Å²) in [6, 6.07) is 65.0. The molecule has 0 aliphatic heterocycles. The van der Waals surface area contributed by atoms with Gasteiger partial charge in [-0.3, -0.25) is 0 Å². The summed E-state index contributed by atoms with van der Waals surface area (Å²) in [5.74, 6) is -12.4. The van der Waals surface area contributed by atoms with Crippen LogP contribution in [0.2, 0.25) is 0 Å². The molecule has 12 heteroatoms. The van der Waals surface area contributed by atoms with Crippen LogP contribution in [0.1, 0.15) is 0 Å². The Kier molecular flexibility index (Phi) is 16.4. The van der Waals surface area contributed by atoms with E-state index in [4.69, 9.17) is 10.2 Å². The largest absolute Gasteiger partial charge is 0.460 e. The quantitative estimate of drug-likeness (QED) is 0.0723. The number of benzene rings is 6. The first-order valence-corrected chi connectivity index (χ1v) is 18.6. The van der Waals surface area contributed by atoms with Crippen LogP contribution in [0.15, 0.2) is 182 Å². The zero-order valence-electron chi connectivity index (χ0n) is 27.2. The van der Waals surface area contributed by atoms with Gasteiger partial charge >= 0.3 is 18.0 Å². The van der Waals surface area contributed by atoms with Gasteiger partial charge in [-0.15, -0.1) is 0 Å². The Morgan fingerprint density at radius 1 is 0.346 bits per heavy atom. The Bertz CT molecular complexity index is 1550. The number of aliphatic hydroxyl groups is 2. The number of alkyl halides is 7. The van der Waals surface area contributed by atoms with Crippen LogP contribution in [0.4, 0.5) is 30.7 Å². The Morgan fingerprint density at radius 2 is 0.519 bits per heavy atom. The second-order valence-electron chi connectivity index (χ2n) is 11.0. The summed E-state index contributed by atoms with van der Waals surface area (Å²) >= 11 is 0. The van der Waals surface area contributed by atoms with Crippen LogP contribution in [-0.4, -0.2) is 34.5 Å². The molecular formula is C40H35AgF7O2P2+2. The van der Waals surface area contributed by atoms with Gasteiger partial charge < -0.3 is 10.2 Å². The van der Waals surface area contributed by atoms with Gasteiger partial charge in [0, 0.05) is 22.4 Å². The van der Waals surface area contributed by atoms with Crippen molar-refractivity contribution in [2.75, 3.05) is 0 Å². The first-order chi connectivity index (χ1) is 24.3. The van der Waals surface area contributed by atoms with Gasteiger partial charge in [0.1, 0.15) is 31.8 Å². The van der Waals surface area contributed by atoms with Crippen LogP contribution in [0.5, 0.6) is 0 Å². The average Bonchev–Trinajstić information content (AvgIpc) is 3.15. The van der Waals surface area contributed by atoms with Crippen LogP contribution in [0.3, 0.4) is 0 Å². The number of hydrogen-bond donors (Lipinski definition) is 2. The van der Waals surface area contributed by atoms with Crippen molar-refractivity contribution in [2.45, 2.75) is 24.3 Å². The molecule has 0 heterocycles. The standard InChI is InChI=1S/2C18H15P.C4H3F7O2.Ag/c2*1-4-10-16(11-5-1)19(17-12-6-2-7-13-17)18-14-8-3-9-15-18;5-2(6,1(12)13)3(7,8)4(9,10)11;/h2*1-15H;1,12-13H;/p+2. The number of halogens is 7. The Hall–Kier alpha value is -3.65. The van der Waals surface area contributed by atoms with Crippen LogP contribution in [-0.2, 0) is 22.4 Å². The Labute approximate surface area is 316 Å². The summed E-state index contributed by atoms with van der Waals surface area (Å²) in [4.78, 5) is 0. The minimum Gasteiger partial charge on any atom is -0.363 e. The molecule has 0 fully saturated rings. The van der Waals surface area contributed by atoms with Crippen molar-refractivity contribution in [3.05, 3.63) is 182 Å². The molecule has 6 aromatic carbocycles. The minimum atomic E-state index is -6.54. The smallest absolute Gasteiger partial charge is 0.363 e. The fourth-order valence-electron chi connectivity index (χ4n) is 4.98. The van der Waals surface area contributed by atoms with Crippen LogP contribution >= 0.6 is 15.8 Å². The third kappa shape index (κ3) is 11.2. The van der Waals surface area contributed by atoms with Gasteiger partial charge in [0.05, 0.1) is 15.8 Å². The maximum Gasteiger partial charge on any atom is 0.460 e. The van der Waals surface area contributed by atoms with Gasteiger partial charge in [0.2, 0.25) is 6.29 Å². The molecule has 0 amide bonds. The van der Waals surface area contributed by atoms with E-state index in [9.17, 15) is 30.7 Å². The zero-order valence-corrected chi connectivity index (χ0v) is 30.7. The molecule has 0 aliphatic carbocycles. The monoisotopic (exact) mass is 849 g/mol. The van der Waals surface area contributed by atoms with Gasteiger partial charge in [-0.05, 0) is 72.8 Å². The topological polar surface area (TPSA) is 40.5 Å². The molecule has 6 rings (SSSR count). The maximum atomic E-state index is 11.9. The van der Waals surface area contributed by atoms with Crippen molar-refractivity contribution >= 4 is 47.7 Å². The Morgan fingerprint density at radius 3 is 0.635 bits per heavy atom. The molecule has 0 atom stereocenters. The number of hydrogen-bond acceptors (Lipinski definition) is 2. The average molecular weight is 851 g/mol. The van der Waals surface area contributed by atoms with E-state index in [0.717, 1.165) is 0 Å². The fraction of sp³-hybridized carbons (Fsp3) is 0.100. The zero-order chi connectivity index (χ0) is 36.9. The predicted octanol–water partition coefficient (Wildman–Crippen LogP) is 7.48. The molecule has 2 N–H and O–H groups in total. The summed E-state index contributed by atoms with van der Waals surface area (Å²) < 4.78 is 80.9. The molecule has 0 saturated heterocycles. The second-order valence-corrected chi connectivity index (χ2v) is 16.0. The van der Waals surface area contributed by atoms with Crippen molar-refractivity contribution < 1.29 is 63.3 Å². The van der Waals surface area contributed by atoms with Gasteiger partial charge in [-0.2, -0.15) is 30.7 Å². The van der Waals surface area contributed by atoms with E-state index >= 15 is 0 Å².